The summed E-state index contributed by atoms with van der Waals surface area (Å²) in [5.74, 6) is -0.946. The van der Waals surface area contributed by atoms with Crippen molar-refractivity contribution in [3.8, 4) is 0 Å². The Hall–Kier alpha value is -2.10. The molecular formula is C20H30ClFN4O4. The van der Waals surface area contributed by atoms with E-state index >= 15 is 0 Å². The quantitative estimate of drug-likeness (QED) is 0.603. The molecule has 0 bridgehead atoms. The molecule has 2 aliphatic rings. The number of carbonyl (C=O) groups is 2. The van der Waals surface area contributed by atoms with E-state index in [1.54, 1.807) is 12.1 Å². The van der Waals surface area contributed by atoms with E-state index < -0.39 is 6.09 Å². The fourth-order valence-electron chi connectivity index (χ4n) is 3.68. The standard InChI is InChI=1S/C20H29FN4O4.ClH/c1-2-3-14(19(22)26)11-23-12-16-13-25(20(27)29-16)15-4-5-18(17(21)10-15)24-6-8-28-9-7-24;/h4-5,10,14,16,23H,2-3,6-9,11-13H2,1H3,(H2,22,26);1H/t14?,16-;/m0./s1. The van der Waals surface area contributed by atoms with Gasteiger partial charge in [0.15, 0.2) is 0 Å². The van der Waals surface area contributed by atoms with E-state index in [0.29, 0.717) is 63.7 Å². The minimum absolute atomic E-state index is 0. The van der Waals surface area contributed by atoms with E-state index in [1.807, 2.05) is 11.8 Å². The SMILES string of the molecule is CCCC(CNC[C@H]1CN(c2ccc(N3CCOCC3)c(F)c2)C(=O)O1)C(N)=O.Cl. The number of morpholine rings is 1. The van der Waals surface area contributed by atoms with Crippen LogP contribution in [-0.2, 0) is 14.3 Å². The first kappa shape index (κ1) is 24.2. The number of halogens is 2. The number of hydrogen-bond acceptors (Lipinski definition) is 6. The third-order valence-corrected chi connectivity index (χ3v) is 5.27. The number of nitrogens with one attached hydrogen (secondary N) is 1. The summed E-state index contributed by atoms with van der Waals surface area (Å²) in [5.41, 5.74) is 6.38. The van der Waals surface area contributed by atoms with Crippen molar-refractivity contribution >= 4 is 35.8 Å². The van der Waals surface area contributed by atoms with Crippen molar-refractivity contribution in [1.29, 1.82) is 0 Å². The molecule has 0 aliphatic carbocycles. The molecule has 0 spiro atoms. The van der Waals surface area contributed by atoms with Gasteiger partial charge in [-0.15, -0.1) is 12.4 Å². The van der Waals surface area contributed by atoms with Gasteiger partial charge in [-0.3, -0.25) is 9.69 Å². The van der Waals surface area contributed by atoms with Gasteiger partial charge in [-0.05, 0) is 24.6 Å². The Morgan fingerprint density at radius 1 is 1.37 bits per heavy atom. The van der Waals surface area contributed by atoms with Gasteiger partial charge in [0.1, 0.15) is 11.9 Å². The Morgan fingerprint density at radius 2 is 2.10 bits per heavy atom. The fourth-order valence-corrected chi connectivity index (χ4v) is 3.68. The van der Waals surface area contributed by atoms with Gasteiger partial charge in [0, 0.05) is 26.2 Å². The maximum atomic E-state index is 14.6. The zero-order valence-corrected chi connectivity index (χ0v) is 18.0. The van der Waals surface area contributed by atoms with Gasteiger partial charge in [0.05, 0.1) is 37.1 Å². The number of benzene rings is 1. The van der Waals surface area contributed by atoms with E-state index in [1.165, 1.54) is 11.0 Å². The van der Waals surface area contributed by atoms with Gasteiger partial charge in [-0.1, -0.05) is 13.3 Å². The van der Waals surface area contributed by atoms with Crippen molar-refractivity contribution in [1.82, 2.24) is 5.32 Å². The summed E-state index contributed by atoms with van der Waals surface area (Å²) in [4.78, 5) is 27.0. The first-order valence-electron chi connectivity index (χ1n) is 10.1. The molecule has 1 aromatic rings. The minimum Gasteiger partial charge on any atom is -0.443 e. The van der Waals surface area contributed by atoms with Crippen LogP contribution < -0.4 is 20.9 Å². The molecule has 3 N–H and O–H groups in total. The normalized spacial score (nSPS) is 19.9. The smallest absolute Gasteiger partial charge is 0.414 e. The summed E-state index contributed by atoms with van der Waals surface area (Å²) < 4.78 is 25.3. The highest BCUT2D eigenvalue weighted by Gasteiger charge is 2.33. The Bertz CT molecular complexity index is 733. The molecule has 2 atom stereocenters. The molecule has 2 fully saturated rings. The number of nitrogens with zero attached hydrogens (tertiary/aromatic N) is 2. The summed E-state index contributed by atoms with van der Waals surface area (Å²) in [7, 11) is 0. The molecule has 0 radical (unpaired) electrons. The third kappa shape index (κ3) is 5.96. The molecule has 2 saturated heterocycles. The monoisotopic (exact) mass is 444 g/mol. The highest BCUT2D eigenvalue weighted by atomic mass is 35.5. The Labute approximate surface area is 182 Å². The molecule has 1 unspecified atom stereocenters. The lowest BCUT2D eigenvalue weighted by molar-refractivity contribution is -0.121. The molecule has 2 heterocycles. The molecule has 2 aliphatic heterocycles. The molecule has 0 saturated carbocycles. The summed E-state index contributed by atoms with van der Waals surface area (Å²) >= 11 is 0. The van der Waals surface area contributed by atoms with E-state index in [-0.39, 0.29) is 36.2 Å². The zero-order valence-electron chi connectivity index (χ0n) is 17.1. The number of cyclic esters (lactones) is 1. The maximum Gasteiger partial charge on any atom is 0.414 e. The molecular weight excluding hydrogens is 415 g/mol. The molecule has 30 heavy (non-hydrogen) atoms. The van der Waals surface area contributed by atoms with Crippen molar-refractivity contribution in [2.75, 3.05) is 55.7 Å². The van der Waals surface area contributed by atoms with Crippen LogP contribution in [0.15, 0.2) is 18.2 Å². The van der Waals surface area contributed by atoms with Crippen molar-refractivity contribution < 1.29 is 23.5 Å². The highest BCUT2D eigenvalue weighted by molar-refractivity contribution is 5.90. The maximum absolute atomic E-state index is 14.6. The number of hydrogen-bond donors (Lipinski definition) is 2. The van der Waals surface area contributed by atoms with Crippen molar-refractivity contribution in [3.63, 3.8) is 0 Å². The van der Waals surface area contributed by atoms with Gasteiger partial charge in [-0.25, -0.2) is 9.18 Å². The van der Waals surface area contributed by atoms with E-state index in [2.05, 4.69) is 5.32 Å². The van der Waals surface area contributed by atoms with E-state index in [9.17, 15) is 14.0 Å². The lowest BCUT2D eigenvalue weighted by atomic mass is 10.0. The molecule has 1 aromatic carbocycles. The van der Waals surface area contributed by atoms with Crippen LogP contribution in [0, 0.1) is 11.7 Å². The van der Waals surface area contributed by atoms with Crippen LogP contribution in [0.5, 0.6) is 0 Å². The number of amides is 2. The van der Waals surface area contributed by atoms with Gasteiger partial charge < -0.3 is 25.4 Å². The minimum atomic E-state index is -0.504. The average Bonchev–Trinajstić information content (AvgIpc) is 3.08. The number of anilines is 2. The zero-order chi connectivity index (χ0) is 20.8. The summed E-state index contributed by atoms with van der Waals surface area (Å²) in [6.07, 6.45) is 0.705. The van der Waals surface area contributed by atoms with Gasteiger partial charge in [0.2, 0.25) is 5.91 Å². The number of primary amides is 1. The molecule has 0 aromatic heterocycles. The Kier molecular flexibility index (Phi) is 9.13. The predicted octanol–water partition coefficient (Wildman–Crippen LogP) is 1.90. The topological polar surface area (TPSA) is 97.1 Å². The first-order chi connectivity index (χ1) is 14.0. The Morgan fingerprint density at radius 3 is 2.73 bits per heavy atom. The van der Waals surface area contributed by atoms with Crippen LogP contribution in [0.1, 0.15) is 19.8 Å². The summed E-state index contributed by atoms with van der Waals surface area (Å²) in [6, 6.07) is 4.79. The van der Waals surface area contributed by atoms with Gasteiger partial charge in [-0.2, -0.15) is 0 Å². The van der Waals surface area contributed by atoms with E-state index in [4.69, 9.17) is 15.2 Å². The van der Waals surface area contributed by atoms with Crippen molar-refractivity contribution in [2.24, 2.45) is 11.7 Å². The summed E-state index contributed by atoms with van der Waals surface area (Å²) in [6.45, 7) is 5.59. The highest BCUT2D eigenvalue weighted by Crippen LogP contribution is 2.28. The number of carbonyl (C=O) groups excluding carboxylic acids is 2. The average molecular weight is 445 g/mol. The molecule has 8 nitrogen and oxygen atoms in total. The number of nitrogens with two attached hydrogens (primary N) is 1. The Balaban J connectivity index is 0.00000320. The van der Waals surface area contributed by atoms with Crippen LogP contribution >= 0.6 is 12.4 Å². The van der Waals surface area contributed by atoms with Crippen LogP contribution in [0.25, 0.3) is 0 Å². The van der Waals surface area contributed by atoms with Crippen LogP contribution in [-0.4, -0.2) is 64.0 Å². The van der Waals surface area contributed by atoms with Crippen LogP contribution in [0.2, 0.25) is 0 Å². The lowest BCUT2D eigenvalue weighted by Crippen LogP contribution is -2.37. The second-order valence-corrected chi connectivity index (χ2v) is 7.40. The second kappa shape index (κ2) is 11.3. The first-order valence-corrected chi connectivity index (χ1v) is 10.1. The number of ether oxygens (including phenoxy) is 2. The van der Waals surface area contributed by atoms with Crippen LogP contribution in [0.3, 0.4) is 0 Å². The molecule has 3 rings (SSSR count). The third-order valence-electron chi connectivity index (χ3n) is 5.27. The lowest BCUT2D eigenvalue weighted by Gasteiger charge is -2.29. The predicted molar refractivity (Wildman–Crippen MR) is 115 cm³/mol. The van der Waals surface area contributed by atoms with Gasteiger partial charge in [0.25, 0.3) is 0 Å². The van der Waals surface area contributed by atoms with Gasteiger partial charge >= 0.3 is 6.09 Å². The fraction of sp³-hybridized carbons (Fsp3) is 0.600. The largest absolute Gasteiger partial charge is 0.443 e. The molecule has 168 valence electrons. The molecule has 10 heteroatoms. The summed E-state index contributed by atoms with van der Waals surface area (Å²) in [5, 5.41) is 3.15. The van der Waals surface area contributed by atoms with Crippen molar-refractivity contribution in [2.45, 2.75) is 25.9 Å². The van der Waals surface area contributed by atoms with E-state index in [0.717, 1.165) is 6.42 Å². The van der Waals surface area contributed by atoms with Crippen molar-refractivity contribution in [3.05, 3.63) is 24.0 Å². The number of rotatable bonds is 9. The molecule has 2 amide bonds. The second-order valence-electron chi connectivity index (χ2n) is 7.40. The van der Waals surface area contributed by atoms with Crippen LogP contribution in [0.4, 0.5) is 20.6 Å².